The number of hydrogen-bond acceptors (Lipinski definition) is 5. The molecule has 7 nitrogen and oxygen atoms in total. The number of guanidine groups is 1. The molecule has 0 radical (unpaired) electrons. The van der Waals surface area contributed by atoms with Crippen LogP contribution in [0, 0.1) is 0 Å². The lowest BCUT2D eigenvalue weighted by Gasteiger charge is -2.26. The van der Waals surface area contributed by atoms with Crippen LogP contribution in [0.3, 0.4) is 0 Å². The van der Waals surface area contributed by atoms with Crippen LogP contribution in [-0.2, 0) is 14.8 Å². The number of fused-ring (bicyclic) bond motifs is 1. The molecule has 3 rings (SSSR count). The number of para-hydroxylation sites is 1. The highest BCUT2D eigenvalue weighted by Gasteiger charge is 2.25. The largest absolute Gasteiger partial charge is 0.379 e. The van der Waals surface area contributed by atoms with Crippen molar-refractivity contribution in [2.75, 3.05) is 44.7 Å². The molecule has 1 aromatic rings. The summed E-state index contributed by atoms with van der Waals surface area (Å²) in [4.78, 5) is 6.80. The number of benzene rings is 1. The molecule has 0 saturated carbocycles. The molecule has 0 unspecified atom stereocenters. The van der Waals surface area contributed by atoms with Gasteiger partial charge in [-0.3, -0.25) is 9.89 Å². The van der Waals surface area contributed by atoms with Crippen LogP contribution in [0.2, 0.25) is 0 Å². The minimum atomic E-state index is -3.52. The first-order chi connectivity index (χ1) is 10.1. The van der Waals surface area contributed by atoms with Gasteiger partial charge in [0.15, 0.2) is 0 Å². The molecule has 2 aliphatic rings. The summed E-state index contributed by atoms with van der Waals surface area (Å²) in [6.07, 6.45) is 0. The molecular formula is C13H18N4O3S. The van der Waals surface area contributed by atoms with E-state index in [1.807, 2.05) is 0 Å². The summed E-state index contributed by atoms with van der Waals surface area (Å²) in [5.74, 6) is 0.280. The monoisotopic (exact) mass is 310 g/mol. The molecule has 0 atom stereocenters. The Morgan fingerprint density at radius 1 is 1.24 bits per heavy atom. The minimum absolute atomic E-state index is 0.247. The van der Waals surface area contributed by atoms with Crippen LogP contribution in [0.1, 0.15) is 0 Å². The van der Waals surface area contributed by atoms with Gasteiger partial charge in [0.25, 0.3) is 10.0 Å². The minimum Gasteiger partial charge on any atom is -0.379 e. The zero-order valence-corrected chi connectivity index (χ0v) is 12.4. The average molecular weight is 310 g/mol. The van der Waals surface area contributed by atoms with Gasteiger partial charge in [-0.15, -0.1) is 0 Å². The van der Waals surface area contributed by atoms with Crippen LogP contribution in [0.25, 0.3) is 0 Å². The second-order valence-electron chi connectivity index (χ2n) is 4.91. The maximum Gasteiger partial charge on any atom is 0.266 e. The summed E-state index contributed by atoms with van der Waals surface area (Å²) in [5, 5.41) is 3.01. The summed E-state index contributed by atoms with van der Waals surface area (Å²) < 4.78 is 31.9. The molecule has 0 aromatic heterocycles. The lowest BCUT2D eigenvalue weighted by atomic mass is 10.3. The first-order valence-electron chi connectivity index (χ1n) is 6.88. The third-order valence-electron chi connectivity index (χ3n) is 3.45. The smallest absolute Gasteiger partial charge is 0.266 e. The molecule has 0 bridgehead atoms. The van der Waals surface area contributed by atoms with Crippen molar-refractivity contribution < 1.29 is 13.2 Å². The van der Waals surface area contributed by atoms with E-state index in [-0.39, 0.29) is 10.9 Å². The Balaban J connectivity index is 1.66. The predicted octanol–water partition coefficient (Wildman–Crippen LogP) is 0.0786. The molecular weight excluding hydrogens is 292 g/mol. The second-order valence-corrected chi connectivity index (χ2v) is 6.56. The Labute approximate surface area is 124 Å². The van der Waals surface area contributed by atoms with E-state index in [1.54, 1.807) is 24.3 Å². The van der Waals surface area contributed by atoms with Crippen LogP contribution in [0.5, 0.6) is 0 Å². The van der Waals surface area contributed by atoms with Crippen molar-refractivity contribution in [3.05, 3.63) is 24.3 Å². The second kappa shape index (κ2) is 6.00. The van der Waals surface area contributed by atoms with E-state index in [2.05, 4.69) is 19.9 Å². The standard InChI is InChI=1S/C13H18N4O3S/c18-21(19)12-4-2-1-3-11(12)15-13(16-21)14-5-6-17-7-9-20-10-8-17/h1-4H,5-10H2,(H2,14,15,16). The van der Waals surface area contributed by atoms with E-state index in [4.69, 9.17) is 4.74 Å². The van der Waals surface area contributed by atoms with Gasteiger partial charge >= 0.3 is 0 Å². The molecule has 8 heteroatoms. The van der Waals surface area contributed by atoms with Crippen molar-refractivity contribution in [1.82, 2.24) is 9.62 Å². The maximum absolute atomic E-state index is 12.1. The van der Waals surface area contributed by atoms with Gasteiger partial charge in [-0.05, 0) is 12.1 Å². The molecule has 2 heterocycles. The van der Waals surface area contributed by atoms with Crippen LogP contribution in [0.4, 0.5) is 5.69 Å². The van der Waals surface area contributed by atoms with Gasteiger partial charge in [0.1, 0.15) is 4.90 Å². The first-order valence-corrected chi connectivity index (χ1v) is 8.37. The van der Waals surface area contributed by atoms with Crippen molar-refractivity contribution >= 4 is 21.7 Å². The van der Waals surface area contributed by atoms with Crippen LogP contribution in [0.15, 0.2) is 34.2 Å². The summed E-state index contributed by atoms with van der Waals surface area (Å²) in [7, 11) is -3.52. The Bertz CT molecular complexity index is 639. The zero-order valence-electron chi connectivity index (χ0n) is 11.6. The quantitative estimate of drug-likeness (QED) is 0.826. The fraction of sp³-hybridized carbons (Fsp3) is 0.462. The Hall–Kier alpha value is -1.64. The van der Waals surface area contributed by atoms with Crippen molar-refractivity contribution in [3.8, 4) is 0 Å². The maximum atomic E-state index is 12.1. The predicted molar refractivity (Wildman–Crippen MR) is 79.9 cm³/mol. The number of nitrogens with one attached hydrogen (secondary N) is 2. The Kier molecular flexibility index (Phi) is 4.09. The fourth-order valence-electron chi connectivity index (χ4n) is 2.34. The third kappa shape index (κ3) is 3.34. The summed E-state index contributed by atoms with van der Waals surface area (Å²) in [6.45, 7) is 4.61. The Morgan fingerprint density at radius 2 is 2.00 bits per heavy atom. The average Bonchev–Trinajstić information content (AvgIpc) is 2.48. The van der Waals surface area contributed by atoms with Gasteiger partial charge < -0.3 is 10.1 Å². The van der Waals surface area contributed by atoms with Crippen molar-refractivity contribution in [1.29, 1.82) is 0 Å². The van der Waals surface area contributed by atoms with E-state index < -0.39 is 10.0 Å². The highest BCUT2D eigenvalue weighted by molar-refractivity contribution is 7.90. The van der Waals surface area contributed by atoms with Crippen LogP contribution in [-0.4, -0.2) is 58.7 Å². The van der Waals surface area contributed by atoms with Gasteiger partial charge in [-0.25, -0.2) is 13.1 Å². The number of nitrogens with zero attached hydrogens (tertiary/aromatic N) is 2. The molecule has 1 fully saturated rings. The van der Waals surface area contributed by atoms with Crippen molar-refractivity contribution in [2.24, 2.45) is 4.99 Å². The number of ether oxygens (including phenoxy) is 1. The number of rotatable bonds is 3. The fourth-order valence-corrected chi connectivity index (χ4v) is 3.49. The zero-order chi connectivity index (χ0) is 14.7. The number of morpholine rings is 1. The summed E-state index contributed by atoms with van der Waals surface area (Å²) >= 11 is 0. The number of hydrogen-bond donors (Lipinski definition) is 2. The van der Waals surface area contributed by atoms with Gasteiger partial charge in [0, 0.05) is 19.6 Å². The van der Waals surface area contributed by atoms with E-state index in [0.29, 0.717) is 12.2 Å². The van der Waals surface area contributed by atoms with Crippen LogP contribution < -0.4 is 10.0 Å². The first kappa shape index (κ1) is 14.3. The van der Waals surface area contributed by atoms with Crippen molar-refractivity contribution in [2.45, 2.75) is 4.90 Å². The highest BCUT2D eigenvalue weighted by Crippen LogP contribution is 2.23. The molecule has 0 amide bonds. The normalized spacial score (nSPS) is 23.1. The summed E-state index contributed by atoms with van der Waals surface area (Å²) in [5.41, 5.74) is 0.557. The molecule has 1 aromatic carbocycles. The van der Waals surface area contributed by atoms with Crippen LogP contribution >= 0.6 is 0 Å². The van der Waals surface area contributed by atoms with Crippen molar-refractivity contribution in [3.63, 3.8) is 0 Å². The lowest BCUT2D eigenvalue weighted by Crippen LogP contribution is -2.42. The van der Waals surface area contributed by atoms with Gasteiger partial charge in [0.05, 0.1) is 25.4 Å². The summed E-state index contributed by atoms with van der Waals surface area (Å²) in [6, 6.07) is 6.78. The van der Waals surface area contributed by atoms with Gasteiger partial charge in [-0.2, -0.15) is 0 Å². The highest BCUT2D eigenvalue weighted by atomic mass is 32.2. The molecule has 0 aliphatic carbocycles. The van der Waals surface area contributed by atoms with E-state index in [1.165, 1.54) is 0 Å². The van der Waals surface area contributed by atoms with Gasteiger partial charge in [-0.1, -0.05) is 12.1 Å². The molecule has 1 saturated heterocycles. The van der Waals surface area contributed by atoms with Gasteiger partial charge in [0.2, 0.25) is 5.96 Å². The lowest BCUT2D eigenvalue weighted by molar-refractivity contribution is 0.0394. The number of aliphatic imine (C=N–C) groups is 1. The van der Waals surface area contributed by atoms with E-state index >= 15 is 0 Å². The Morgan fingerprint density at radius 3 is 2.81 bits per heavy atom. The third-order valence-corrected chi connectivity index (χ3v) is 4.85. The molecule has 21 heavy (non-hydrogen) atoms. The molecule has 2 N–H and O–H groups in total. The molecule has 2 aliphatic heterocycles. The number of anilines is 1. The molecule has 114 valence electrons. The number of sulfonamides is 1. The molecule has 0 spiro atoms. The SMILES string of the molecule is O=S1(=O)NC(=NCCN2CCOCC2)Nc2ccccc21. The van der Waals surface area contributed by atoms with E-state index in [9.17, 15) is 8.42 Å². The topological polar surface area (TPSA) is 83.0 Å². The van der Waals surface area contributed by atoms with E-state index in [0.717, 1.165) is 32.8 Å².